The van der Waals surface area contributed by atoms with Crippen LogP contribution in [0.1, 0.15) is 21.8 Å². The Morgan fingerprint density at radius 3 is 2.35 bits per heavy atom. The molecular weight excluding hydrogens is 307 g/mol. The van der Waals surface area contributed by atoms with Gasteiger partial charge in [0.1, 0.15) is 0 Å². The van der Waals surface area contributed by atoms with Gasteiger partial charge >= 0.3 is 6.18 Å². The summed E-state index contributed by atoms with van der Waals surface area (Å²) in [4.78, 5) is 4.22. The summed E-state index contributed by atoms with van der Waals surface area (Å²) in [7, 11) is -1.17. The fourth-order valence-electron chi connectivity index (χ4n) is 1.67. The number of hydrogen-bond acceptors (Lipinski definition) is 3. The fourth-order valence-corrected chi connectivity index (χ4v) is 3.53. The second kappa shape index (κ2) is 6.05. The van der Waals surface area contributed by atoms with E-state index in [0.29, 0.717) is 11.3 Å². The maximum atomic E-state index is 12.4. The monoisotopic (exact) mass is 319 g/mol. The van der Waals surface area contributed by atoms with Gasteiger partial charge in [-0.1, -0.05) is 12.1 Å². The summed E-state index contributed by atoms with van der Waals surface area (Å²) < 4.78 is 49.1. The zero-order chi connectivity index (χ0) is 14.8. The summed E-state index contributed by atoms with van der Waals surface area (Å²) in [5, 5.41) is 2.76. The molecule has 0 amide bonds. The Morgan fingerprint density at radius 2 is 1.85 bits per heavy atom. The van der Waals surface area contributed by atoms with Gasteiger partial charge in [-0.05, 0) is 24.6 Å². The predicted octanol–water partition coefficient (Wildman–Crippen LogP) is 3.92. The number of aromatic nitrogens is 1. The van der Waals surface area contributed by atoms with Gasteiger partial charge in [0.05, 0.1) is 22.0 Å². The van der Waals surface area contributed by atoms with E-state index in [1.54, 1.807) is 0 Å². The standard InChI is InChI=1S/C13H12F3NOS2/c1-9-17-12(6-19-9)8-20(18)7-10-2-4-11(5-3-10)13(14,15)16/h2-6H,7-8H2,1H3/t20-/m1/s1. The van der Waals surface area contributed by atoms with Gasteiger partial charge in [0.25, 0.3) is 0 Å². The van der Waals surface area contributed by atoms with Crippen LogP contribution in [0.3, 0.4) is 0 Å². The highest BCUT2D eigenvalue weighted by atomic mass is 32.2. The van der Waals surface area contributed by atoms with Crippen LogP contribution in [0.15, 0.2) is 29.6 Å². The highest BCUT2D eigenvalue weighted by Gasteiger charge is 2.29. The molecule has 0 aliphatic heterocycles. The maximum absolute atomic E-state index is 12.4. The lowest BCUT2D eigenvalue weighted by Crippen LogP contribution is -2.05. The summed E-state index contributed by atoms with van der Waals surface area (Å²) in [5.74, 6) is 0.556. The second-order valence-corrected chi connectivity index (χ2v) is 6.80. The molecule has 0 N–H and O–H groups in total. The van der Waals surface area contributed by atoms with Crippen LogP contribution >= 0.6 is 11.3 Å². The van der Waals surface area contributed by atoms with Crippen molar-refractivity contribution in [3.8, 4) is 0 Å². The zero-order valence-electron chi connectivity index (χ0n) is 10.6. The van der Waals surface area contributed by atoms with Crippen LogP contribution in [0.4, 0.5) is 13.2 Å². The largest absolute Gasteiger partial charge is 0.416 e. The fraction of sp³-hybridized carbons (Fsp3) is 0.308. The molecule has 0 aliphatic carbocycles. The van der Waals surface area contributed by atoms with E-state index in [1.807, 2.05) is 12.3 Å². The van der Waals surface area contributed by atoms with Gasteiger partial charge in [0, 0.05) is 21.9 Å². The van der Waals surface area contributed by atoms with E-state index >= 15 is 0 Å². The van der Waals surface area contributed by atoms with E-state index < -0.39 is 22.5 Å². The van der Waals surface area contributed by atoms with Crippen molar-refractivity contribution in [2.24, 2.45) is 0 Å². The van der Waals surface area contributed by atoms with Crippen LogP contribution in [-0.2, 0) is 28.5 Å². The molecule has 0 radical (unpaired) electrons. The first-order valence-corrected chi connectivity index (χ1v) is 8.13. The Kier molecular flexibility index (Phi) is 4.59. The number of rotatable bonds is 4. The van der Waals surface area contributed by atoms with Gasteiger partial charge in [0.2, 0.25) is 0 Å². The number of alkyl halides is 3. The minimum absolute atomic E-state index is 0.231. The molecule has 20 heavy (non-hydrogen) atoms. The zero-order valence-corrected chi connectivity index (χ0v) is 12.2. The molecule has 0 unspecified atom stereocenters. The van der Waals surface area contributed by atoms with Crippen molar-refractivity contribution in [2.45, 2.75) is 24.6 Å². The van der Waals surface area contributed by atoms with Crippen molar-refractivity contribution < 1.29 is 17.4 Å². The van der Waals surface area contributed by atoms with Gasteiger partial charge in [-0.3, -0.25) is 4.21 Å². The van der Waals surface area contributed by atoms with Crippen molar-refractivity contribution in [3.05, 3.63) is 51.5 Å². The van der Waals surface area contributed by atoms with E-state index in [2.05, 4.69) is 4.98 Å². The quantitative estimate of drug-likeness (QED) is 0.855. The molecule has 1 heterocycles. The van der Waals surface area contributed by atoms with Crippen LogP contribution < -0.4 is 0 Å². The summed E-state index contributed by atoms with van der Waals surface area (Å²) in [6, 6.07) is 4.76. The van der Waals surface area contributed by atoms with Crippen molar-refractivity contribution in [3.63, 3.8) is 0 Å². The highest BCUT2D eigenvalue weighted by molar-refractivity contribution is 7.83. The minimum atomic E-state index is -4.34. The highest BCUT2D eigenvalue weighted by Crippen LogP contribution is 2.29. The Hall–Kier alpha value is -1.21. The third-order valence-corrected chi connectivity index (χ3v) is 4.68. The van der Waals surface area contributed by atoms with Crippen molar-refractivity contribution >= 4 is 22.1 Å². The van der Waals surface area contributed by atoms with Gasteiger partial charge < -0.3 is 0 Å². The molecule has 1 aromatic heterocycles. The molecule has 7 heteroatoms. The van der Waals surface area contributed by atoms with Crippen LogP contribution in [0.25, 0.3) is 0 Å². The van der Waals surface area contributed by atoms with Crippen molar-refractivity contribution in [1.82, 2.24) is 4.98 Å². The first-order chi connectivity index (χ1) is 9.34. The molecule has 0 spiro atoms. The molecule has 0 saturated heterocycles. The van der Waals surface area contributed by atoms with Gasteiger partial charge in [-0.2, -0.15) is 13.2 Å². The van der Waals surface area contributed by atoms with Crippen LogP contribution in [0.2, 0.25) is 0 Å². The number of hydrogen-bond donors (Lipinski definition) is 0. The Labute approximate surface area is 121 Å². The molecular formula is C13H12F3NOS2. The molecule has 0 bridgehead atoms. The Bertz CT molecular complexity index is 605. The molecule has 0 saturated carbocycles. The van der Waals surface area contributed by atoms with Gasteiger partial charge in [-0.15, -0.1) is 11.3 Å². The lowest BCUT2D eigenvalue weighted by Gasteiger charge is -2.07. The van der Waals surface area contributed by atoms with E-state index in [-0.39, 0.29) is 5.75 Å². The Morgan fingerprint density at radius 1 is 1.20 bits per heavy atom. The molecule has 0 fully saturated rings. The molecule has 0 aliphatic rings. The molecule has 2 nitrogen and oxygen atoms in total. The normalized spacial score (nSPS) is 13.4. The average molecular weight is 319 g/mol. The first kappa shape index (κ1) is 15.2. The first-order valence-electron chi connectivity index (χ1n) is 5.77. The van der Waals surface area contributed by atoms with Crippen molar-refractivity contribution in [1.29, 1.82) is 0 Å². The molecule has 1 atom stereocenters. The van der Waals surface area contributed by atoms with Crippen LogP contribution in [0, 0.1) is 6.92 Å². The maximum Gasteiger partial charge on any atom is 0.416 e. The van der Waals surface area contributed by atoms with Gasteiger partial charge in [-0.25, -0.2) is 4.98 Å². The number of thiazole rings is 1. The smallest absolute Gasteiger partial charge is 0.259 e. The molecule has 108 valence electrons. The predicted molar refractivity (Wildman–Crippen MR) is 73.8 cm³/mol. The SMILES string of the molecule is Cc1nc(C[S@](=O)Cc2ccc(C(F)(F)F)cc2)cs1. The second-order valence-electron chi connectivity index (χ2n) is 4.28. The van der Waals surface area contributed by atoms with Gasteiger partial charge in [0.15, 0.2) is 0 Å². The van der Waals surface area contributed by atoms with Crippen LogP contribution in [0.5, 0.6) is 0 Å². The number of benzene rings is 1. The number of nitrogens with zero attached hydrogens (tertiary/aromatic N) is 1. The lowest BCUT2D eigenvalue weighted by atomic mass is 10.1. The van der Waals surface area contributed by atoms with Crippen molar-refractivity contribution in [2.75, 3.05) is 0 Å². The molecule has 2 rings (SSSR count). The number of halogens is 3. The average Bonchev–Trinajstić information content (AvgIpc) is 2.74. The summed E-state index contributed by atoms with van der Waals surface area (Å²) >= 11 is 1.49. The molecule has 1 aromatic carbocycles. The summed E-state index contributed by atoms with van der Waals surface area (Å²) in [6.07, 6.45) is -4.34. The van der Waals surface area contributed by atoms with E-state index in [1.165, 1.54) is 23.5 Å². The topological polar surface area (TPSA) is 30.0 Å². The van der Waals surface area contributed by atoms with E-state index in [4.69, 9.17) is 0 Å². The summed E-state index contributed by atoms with van der Waals surface area (Å²) in [5.41, 5.74) is 0.697. The van der Waals surface area contributed by atoms with E-state index in [0.717, 1.165) is 22.8 Å². The third-order valence-electron chi connectivity index (χ3n) is 2.58. The lowest BCUT2D eigenvalue weighted by molar-refractivity contribution is -0.137. The number of aryl methyl sites for hydroxylation is 1. The molecule has 2 aromatic rings. The Balaban J connectivity index is 1.98. The van der Waals surface area contributed by atoms with E-state index in [9.17, 15) is 17.4 Å². The summed E-state index contributed by atoms with van der Waals surface area (Å²) in [6.45, 7) is 1.87. The third kappa shape index (κ3) is 4.14. The minimum Gasteiger partial charge on any atom is -0.259 e. The van der Waals surface area contributed by atoms with Crippen LogP contribution in [-0.4, -0.2) is 9.19 Å².